The highest BCUT2D eigenvalue weighted by Crippen LogP contribution is 2.20. The van der Waals surface area contributed by atoms with Crippen LogP contribution < -0.4 is 15.8 Å². The summed E-state index contributed by atoms with van der Waals surface area (Å²) in [5.41, 5.74) is 8.07. The minimum Gasteiger partial charge on any atom is -0.468 e. The Morgan fingerprint density at radius 3 is 2.56 bits per heavy atom. The molecule has 0 aliphatic heterocycles. The molecular weight excluding hydrogens is 448 g/mol. The Labute approximate surface area is 160 Å². The molecule has 2 aromatic rings. The first-order valence-electron chi connectivity index (χ1n) is 7.10. The van der Waals surface area contributed by atoms with E-state index < -0.39 is 12.8 Å². The van der Waals surface area contributed by atoms with Gasteiger partial charge in [0.05, 0.1) is 6.54 Å². The van der Waals surface area contributed by atoms with E-state index >= 15 is 0 Å². The van der Waals surface area contributed by atoms with Gasteiger partial charge in [-0.25, -0.2) is 9.98 Å². The van der Waals surface area contributed by atoms with Gasteiger partial charge in [0, 0.05) is 17.4 Å². The summed E-state index contributed by atoms with van der Waals surface area (Å²) >= 11 is 0. The average molecular weight is 466 g/mol. The molecule has 0 aliphatic carbocycles. The second-order valence-corrected chi connectivity index (χ2v) is 5.06. The van der Waals surface area contributed by atoms with Gasteiger partial charge in [-0.15, -0.1) is 24.0 Å². The van der Waals surface area contributed by atoms with Crippen LogP contribution in [0.25, 0.3) is 0 Å². The summed E-state index contributed by atoms with van der Waals surface area (Å²) in [5, 5.41) is 2.90. The van der Waals surface area contributed by atoms with E-state index in [0.29, 0.717) is 5.56 Å². The van der Waals surface area contributed by atoms with Gasteiger partial charge in [-0.3, -0.25) is 0 Å². The molecule has 136 valence electrons. The Morgan fingerprint density at radius 2 is 1.92 bits per heavy atom. The summed E-state index contributed by atoms with van der Waals surface area (Å²) in [5.74, 6) is 0.0335. The van der Waals surface area contributed by atoms with Gasteiger partial charge in [0.2, 0.25) is 5.88 Å². The Morgan fingerprint density at radius 1 is 1.24 bits per heavy atom. The normalized spacial score (nSPS) is 11.6. The molecule has 9 heteroatoms. The van der Waals surface area contributed by atoms with Gasteiger partial charge in [-0.1, -0.05) is 23.8 Å². The van der Waals surface area contributed by atoms with E-state index in [4.69, 9.17) is 10.5 Å². The van der Waals surface area contributed by atoms with Crippen LogP contribution in [-0.4, -0.2) is 23.7 Å². The second-order valence-electron chi connectivity index (χ2n) is 5.06. The molecule has 1 aromatic heterocycles. The number of guanidine groups is 1. The molecule has 0 atom stereocenters. The number of alkyl halides is 3. The number of anilines is 1. The van der Waals surface area contributed by atoms with E-state index in [1.807, 2.05) is 31.2 Å². The molecule has 0 saturated heterocycles. The molecule has 0 fully saturated rings. The number of hydrogen-bond donors (Lipinski definition) is 2. The van der Waals surface area contributed by atoms with Crippen molar-refractivity contribution in [2.75, 3.05) is 11.9 Å². The molecule has 0 bridgehead atoms. The fourth-order valence-corrected chi connectivity index (χ4v) is 1.82. The fraction of sp³-hybridized carbons (Fsp3) is 0.250. The Kier molecular flexibility index (Phi) is 7.94. The summed E-state index contributed by atoms with van der Waals surface area (Å²) in [7, 11) is 0. The number of hydrogen-bond acceptors (Lipinski definition) is 3. The molecule has 0 aliphatic rings. The van der Waals surface area contributed by atoms with Gasteiger partial charge in [-0.2, -0.15) is 13.2 Å². The lowest BCUT2D eigenvalue weighted by atomic mass is 10.2. The van der Waals surface area contributed by atoms with Crippen LogP contribution >= 0.6 is 24.0 Å². The number of aryl methyl sites for hydroxylation is 1. The van der Waals surface area contributed by atoms with E-state index in [1.165, 1.54) is 6.20 Å². The van der Waals surface area contributed by atoms with Crippen molar-refractivity contribution in [3.8, 4) is 5.88 Å². The van der Waals surface area contributed by atoms with Crippen LogP contribution in [0.1, 0.15) is 11.1 Å². The number of halogens is 4. The number of ether oxygens (including phenoxy) is 1. The number of aromatic nitrogens is 1. The molecule has 0 radical (unpaired) electrons. The van der Waals surface area contributed by atoms with Crippen molar-refractivity contribution >= 4 is 35.6 Å². The average Bonchev–Trinajstić information content (AvgIpc) is 2.53. The van der Waals surface area contributed by atoms with Crippen molar-refractivity contribution in [1.29, 1.82) is 0 Å². The number of aliphatic imine (C=N–C) groups is 1. The molecular formula is C16H18F3IN4O. The van der Waals surface area contributed by atoms with Crippen LogP contribution in [0.2, 0.25) is 0 Å². The largest absolute Gasteiger partial charge is 0.468 e. The standard InChI is InChI=1S/C16H17F3N4O.HI/c1-11-4-6-13(7-5-11)23-15(20)22-9-12-3-2-8-21-14(12)24-10-16(17,18)19;/h2-8H,9-10H2,1H3,(H3,20,22,23);1H. The second kappa shape index (κ2) is 9.44. The first-order chi connectivity index (χ1) is 11.3. The Hall–Kier alpha value is -2.04. The summed E-state index contributed by atoms with van der Waals surface area (Å²) in [6.45, 7) is 0.607. The summed E-state index contributed by atoms with van der Waals surface area (Å²) in [4.78, 5) is 7.90. The smallest absolute Gasteiger partial charge is 0.422 e. The third-order valence-electron chi connectivity index (χ3n) is 2.97. The predicted molar refractivity (Wildman–Crippen MR) is 101 cm³/mol. The first-order valence-corrected chi connectivity index (χ1v) is 7.10. The van der Waals surface area contributed by atoms with Gasteiger partial charge in [0.25, 0.3) is 0 Å². The van der Waals surface area contributed by atoms with Gasteiger partial charge >= 0.3 is 6.18 Å². The van der Waals surface area contributed by atoms with E-state index in [-0.39, 0.29) is 42.4 Å². The lowest BCUT2D eigenvalue weighted by Crippen LogP contribution is -2.23. The molecule has 5 nitrogen and oxygen atoms in total. The first kappa shape index (κ1) is 21.0. The molecule has 0 amide bonds. The summed E-state index contributed by atoms with van der Waals surface area (Å²) in [6.07, 6.45) is -3.07. The van der Waals surface area contributed by atoms with E-state index in [0.717, 1.165) is 11.3 Å². The zero-order valence-corrected chi connectivity index (χ0v) is 15.7. The van der Waals surface area contributed by atoms with E-state index in [9.17, 15) is 13.2 Å². The summed E-state index contributed by atoms with van der Waals surface area (Å²) in [6, 6.07) is 10.7. The molecule has 1 heterocycles. The number of nitrogens with zero attached hydrogens (tertiary/aromatic N) is 2. The van der Waals surface area contributed by atoms with Crippen LogP contribution in [0.3, 0.4) is 0 Å². The Balaban J connectivity index is 0.00000312. The molecule has 0 saturated carbocycles. The maximum absolute atomic E-state index is 12.2. The van der Waals surface area contributed by atoms with Gasteiger partial charge < -0.3 is 15.8 Å². The van der Waals surface area contributed by atoms with Crippen LogP contribution in [0.4, 0.5) is 18.9 Å². The lowest BCUT2D eigenvalue weighted by Gasteiger charge is -2.11. The number of nitrogens with one attached hydrogen (secondary N) is 1. The van der Waals surface area contributed by atoms with E-state index in [1.54, 1.807) is 12.1 Å². The van der Waals surface area contributed by atoms with Gasteiger partial charge in [0.15, 0.2) is 12.6 Å². The minimum atomic E-state index is -4.43. The number of nitrogens with two attached hydrogens (primary N) is 1. The monoisotopic (exact) mass is 466 g/mol. The van der Waals surface area contributed by atoms with Crippen molar-refractivity contribution in [3.05, 3.63) is 53.7 Å². The minimum absolute atomic E-state index is 0. The van der Waals surface area contributed by atoms with E-state index in [2.05, 4.69) is 15.3 Å². The summed E-state index contributed by atoms with van der Waals surface area (Å²) < 4.78 is 41.4. The van der Waals surface area contributed by atoms with Gasteiger partial charge in [-0.05, 0) is 25.1 Å². The van der Waals surface area contributed by atoms with Crippen LogP contribution in [0, 0.1) is 6.92 Å². The Bertz CT molecular complexity index is 705. The third kappa shape index (κ3) is 7.59. The highest BCUT2D eigenvalue weighted by molar-refractivity contribution is 14.0. The molecule has 25 heavy (non-hydrogen) atoms. The predicted octanol–water partition coefficient (Wildman–Crippen LogP) is 3.88. The van der Waals surface area contributed by atoms with Crippen molar-refractivity contribution in [1.82, 2.24) is 4.98 Å². The molecule has 1 aromatic carbocycles. The fourth-order valence-electron chi connectivity index (χ4n) is 1.82. The zero-order chi connectivity index (χ0) is 17.6. The van der Waals surface area contributed by atoms with Gasteiger partial charge in [0.1, 0.15) is 0 Å². The van der Waals surface area contributed by atoms with Crippen LogP contribution in [0.15, 0.2) is 47.6 Å². The molecule has 0 unspecified atom stereocenters. The molecule has 2 rings (SSSR count). The van der Waals surface area contributed by atoms with Crippen molar-refractivity contribution in [2.24, 2.45) is 10.7 Å². The maximum atomic E-state index is 12.2. The lowest BCUT2D eigenvalue weighted by molar-refractivity contribution is -0.154. The highest BCUT2D eigenvalue weighted by Gasteiger charge is 2.29. The third-order valence-corrected chi connectivity index (χ3v) is 2.97. The van der Waals surface area contributed by atoms with Crippen LogP contribution in [-0.2, 0) is 6.54 Å². The highest BCUT2D eigenvalue weighted by atomic mass is 127. The number of rotatable bonds is 5. The zero-order valence-electron chi connectivity index (χ0n) is 13.4. The number of benzene rings is 1. The maximum Gasteiger partial charge on any atom is 0.422 e. The topological polar surface area (TPSA) is 72.5 Å². The SMILES string of the molecule is Cc1ccc(NC(N)=NCc2cccnc2OCC(F)(F)F)cc1.I. The quantitative estimate of drug-likeness (QED) is 0.399. The van der Waals surface area contributed by atoms with Crippen LogP contribution in [0.5, 0.6) is 5.88 Å². The molecule has 0 spiro atoms. The molecule has 3 N–H and O–H groups in total. The van der Waals surface area contributed by atoms with Crippen molar-refractivity contribution in [2.45, 2.75) is 19.6 Å². The van der Waals surface area contributed by atoms with Crippen molar-refractivity contribution < 1.29 is 17.9 Å². The van der Waals surface area contributed by atoms with Crippen molar-refractivity contribution in [3.63, 3.8) is 0 Å². The number of pyridine rings is 1.